The quantitative estimate of drug-likeness (QED) is 0.328. The van der Waals surface area contributed by atoms with Crippen LogP contribution in [0.4, 0.5) is 10.1 Å². The first-order valence-corrected chi connectivity index (χ1v) is 11.4. The van der Waals surface area contributed by atoms with Crippen LogP contribution in [0.2, 0.25) is 5.02 Å². The van der Waals surface area contributed by atoms with Crippen LogP contribution in [0.3, 0.4) is 0 Å². The first-order chi connectivity index (χ1) is 16.7. The van der Waals surface area contributed by atoms with E-state index >= 15 is 4.39 Å². The molecule has 1 amide bonds. The van der Waals surface area contributed by atoms with Gasteiger partial charge in [0.15, 0.2) is 0 Å². The Kier molecular flexibility index (Phi) is 5.83. The zero-order valence-corrected chi connectivity index (χ0v) is 19.7. The number of ether oxygens (including phenoxy) is 1. The van der Waals surface area contributed by atoms with Crippen molar-refractivity contribution in [3.05, 3.63) is 75.8 Å². The molecule has 2 aliphatic rings. The number of carbonyl (C=O) groups is 1. The summed E-state index contributed by atoms with van der Waals surface area (Å²) in [6, 6.07) is 9.71. The molecule has 2 heterocycles. The van der Waals surface area contributed by atoms with Crippen molar-refractivity contribution in [2.24, 2.45) is 4.99 Å². The standard InChI is InChI=1S/C25H20B2ClFN4O2/c1-31-11-17-15(6-7-21(22(17)30)35-14-4-5-14)13-9-19(28)18(20(29)10-13)12-33-24(34)16-3-2-8-32-23(16)25(33,26)27/h2-3,6-11,14H,4-5,12,30H2,1H3. The Bertz CT molecular complexity index is 1350. The summed E-state index contributed by atoms with van der Waals surface area (Å²) >= 11 is 6.53. The molecule has 0 bridgehead atoms. The van der Waals surface area contributed by atoms with Gasteiger partial charge in [0.2, 0.25) is 0 Å². The second-order valence-corrected chi connectivity index (χ2v) is 9.08. The van der Waals surface area contributed by atoms with Gasteiger partial charge in [0.1, 0.15) is 11.6 Å². The fraction of sp³-hybridized carbons (Fsp3) is 0.240. The van der Waals surface area contributed by atoms with Crippen molar-refractivity contribution >= 4 is 45.1 Å². The lowest BCUT2D eigenvalue weighted by Crippen LogP contribution is -2.44. The summed E-state index contributed by atoms with van der Waals surface area (Å²) in [7, 11) is 14.1. The maximum atomic E-state index is 15.4. The third kappa shape index (κ3) is 4.08. The number of nitrogens with two attached hydrogens (primary N) is 1. The number of amides is 1. The van der Waals surface area contributed by atoms with Gasteiger partial charge >= 0.3 is 0 Å². The Morgan fingerprint density at radius 3 is 2.74 bits per heavy atom. The number of hydrogen-bond acceptors (Lipinski definition) is 5. The van der Waals surface area contributed by atoms with Crippen LogP contribution >= 0.6 is 11.6 Å². The maximum Gasteiger partial charge on any atom is 0.255 e. The summed E-state index contributed by atoms with van der Waals surface area (Å²) in [5, 5.41) is -1.58. The second-order valence-electron chi connectivity index (χ2n) is 8.68. The lowest BCUT2D eigenvalue weighted by atomic mass is 9.59. The van der Waals surface area contributed by atoms with Gasteiger partial charge in [0, 0.05) is 47.5 Å². The van der Waals surface area contributed by atoms with Crippen molar-refractivity contribution in [1.29, 1.82) is 0 Å². The number of nitrogen functional groups attached to an aromatic ring is 1. The molecule has 0 spiro atoms. The number of aromatic nitrogens is 1. The molecule has 6 nitrogen and oxygen atoms in total. The van der Waals surface area contributed by atoms with Crippen LogP contribution in [0.15, 0.2) is 47.6 Å². The number of aliphatic imine (C=N–C) groups is 1. The summed E-state index contributed by atoms with van der Waals surface area (Å²) < 4.78 is 21.3. The van der Waals surface area contributed by atoms with Gasteiger partial charge in [0.05, 0.1) is 38.7 Å². The van der Waals surface area contributed by atoms with E-state index in [1.165, 1.54) is 12.3 Å². The first kappa shape index (κ1) is 23.4. The summed E-state index contributed by atoms with van der Waals surface area (Å²) in [6.07, 6.45) is 5.26. The van der Waals surface area contributed by atoms with Crippen LogP contribution in [0.25, 0.3) is 11.1 Å². The van der Waals surface area contributed by atoms with Gasteiger partial charge in [-0.25, -0.2) is 4.39 Å². The maximum absolute atomic E-state index is 15.4. The van der Waals surface area contributed by atoms with E-state index in [1.807, 2.05) is 0 Å². The Morgan fingerprint density at radius 2 is 2.09 bits per heavy atom. The van der Waals surface area contributed by atoms with E-state index in [4.69, 9.17) is 37.8 Å². The van der Waals surface area contributed by atoms with E-state index in [-0.39, 0.29) is 34.5 Å². The van der Waals surface area contributed by atoms with Crippen molar-refractivity contribution in [3.63, 3.8) is 0 Å². The number of fused-ring (bicyclic) bond motifs is 1. The smallest absolute Gasteiger partial charge is 0.255 e. The van der Waals surface area contributed by atoms with E-state index < -0.39 is 17.1 Å². The summed E-state index contributed by atoms with van der Waals surface area (Å²) in [5.74, 6) is -0.494. The Hall–Kier alpha value is -3.32. The highest BCUT2D eigenvalue weighted by Crippen LogP contribution is 2.40. The molecule has 1 aromatic heterocycles. The number of benzene rings is 2. The third-order valence-corrected chi connectivity index (χ3v) is 6.54. The van der Waals surface area contributed by atoms with Crippen molar-refractivity contribution in [3.8, 4) is 16.9 Å². The highest BCUT2D eigenvalue weighted by Gasteiger charge is 2.43. The lowest BCUT2D eigenvalue weighted by molar-refractivity contribution is 0.0729. The van der Waals surface area contributed by atoms with Gasteiger partial charge in [-0.1, -0.05) is 11.6 Å². The average Bonchev–Trinajstić information content (AvgIpc) is 3.62. The number of pyridine rings is 1. The van der Waals surface area contributed by atoms with Crippen LogP contribution in [0, 0.1) is 5.82 Å². The van der Waals surface area contributed by atoms with Crippen molar-refractivity contribution in [2.75, 3.05) is 12.8 Å². The molecule has 1 saturated carbocycles. The van der Waals surface area contributed by atoms with Gasteiger partial charge in [-0.15, -0.1) is 0 Å². The number of hydrogen-bond donors (Lipinski definition) is 1. The minimum Gasteiger partial charge on any atom is -0.488 e. The monoisotopic (exact) mass is 484 g/mol. The molecule has 172 valence electrons. The number of carbonyl (C=O) groups excluding carboxylic acids is 1. The third-order valence-electron chi connectivity index (χ3n) is 6.20. The number of rotatable bonds is 6. The van der Waals surface area contributed by atoms with Gasteiger partial charge in [-0.3, -0.25) is 14.8 Å². The number of nitrogens with zero attached hydrogens (tertiary/aromatic N) is 3. The fourth-order valence-corrected chi connectivity index (χ4v) is 4.48. The highest BCUT2D eigenvalue weighted by molar-refractivity contribution is 6.42. The molecule has 1 fully saturated rings. The van der Waals surface area contributed by atoms with Crippen LogP contribution in [0.1, 0.15) is 40.0 Å². The molecule has 5 rings (SSSR count). The van der Waals surface area contributed by atoms with Crippen LogP contribution in [0.5, 0.6) is 5.75 Å². The predicted octanol–water partition coefficient (Wildman–Crippen LogP) is 3.82. The molecule has 1 aliphatic carbocycles. The number of anilines is 1. The zero-order valence-electron chi connectivity index (χ0n) is 19.0. The Labute approximate surface area is 210 Å². The molecule has 35 heavy (non-hydrogen) atoms. The zero-order chi connectivity index (χ0) is 24.9. The van der Waals surface area contributed by atoms with Crippen LogP contribution in [-0.2, 0) is 11.9 Å². The topological polar surface area (TPSA) is 80.8 Å². The molecule has 1 aliphatic heterocycles. The minimum absolute atomic E-state index is 0.0872. The predicted molar refractivity (Wildman–Crippen MR) is 136 cm³/mol. The summed E-state index contributed by atoms with van der Waals surface area (Å²) in [4.78, 5) is 22.3. The van der Waals surface area contributed by atoms with E-state index in [1.54, 1.807) is 43.6 Å². The molecule has 3 aromatic rings. The molecular formula is C25H20B2ClFN4O2. The summed E-state index contributed by atoms with van der Waals surface area (Å²) in [5.41, 5.74) is 9.12. The summed E-state index contributed by atoms with van der Waals surface area (Å²) in [6.45, 7) is -0.229. The molecule has 0 unspecified atom stereocenters. The van der Waals surface area contributed by atoms with Gasteiger partial charge in [0.25, 0.3) is 5.91 Å². The first-order valence-electron chi connectivity index (χ1n) is 11.1. The molecule has 0 atom stereocenters. The normalized spacial score (nSPS) is 16.7. The molecule has 10 heteroatoms. The van der Waals surface area contributed by atoms with Gasteiger partial charge < -0.3 is 15.4 Å². The molecule has 0 saturated heterocycles. The lowest BCUT2D eigenvalue weighted by Gasteiger charge is -2.33. The van der Waals surface area contributed by atoms with E-state index in [9.17, 15) is 4.79 Å². The van der Waals surface area contributed by atoms with E-state index in [0.29, 0.717) is 28.1 Å². The van der Waals surface area contributed by atoms with Gasteiger partial charge in [-0.05, 0) is 60.4 Å². The second kappa shape index (κ2) is 8.72. The Morgan fingerprint density at radius 1 is 1.31 bits per heavy atom. The van der Waals surface area contributed by atoms with Crippen LogP contribution in [-0.4, -0.2) is 50.8 Å². The van der Waals surface area contributed by atoms with Gasteiger partial charge in [-0.2, -0.15) is 0 Å². The number of halogens is 2. The Balaban J connectivity index is 1.51. The molecule has 2 aromatic carbocycles. The van der Waals surface area contributed by atoms with Crippen molar-refractivity contribution in [1.82, 2.24) is 9.88 Å². The van der Waals surface area contributed by atoms with Crippen molar-refractivity contribution < 1.29 is 13.9 Å². The molecule has 4 radical (unpaired) electrons. The average molecular weight is 485 g/mol. The fourth-order valence-electron chi connectivity index (χ4n) is 4.21. The highest BCUT2D eigenvalue weighted by atomic mass is 35.5. The van der Waals surface area contributed by atoms with Crippen molar-refractivity contribution in [2.45, 2.75) is 30.8 Å². The SMILES string of the molecule is [B]C1([B])c2ncccc2C(=O)N1Cc1c(F)cc(-c2ccc(OC3CC3)c(N)c2C=NC)cc1Cl. The van der Waals surface area contributed by atoms with E-state index in [2.05, 4.69) is 9.98 Å². The largest absolute Gasteiger partial charge is 0.488 e. The van der Waals surface area contributed by atoms with E-state index in [0.717, 1.165) is 17.7 Å². The molecule has 2 N–H and O–H groups in total. The molecular weight excluding hydrogens is 464 g/mol. The minimum atomic E-state index is -1.70. The van der Waals surface area contributed by atoms with Crippen LogP contribution < -0.4 is 10.5 Å².